The molecule has 19 heavy (non-hydrogen) atoms. The molecule has 3 nitrogen and oxygen atoms in total. The first-order valence-corrected chi connectivity index (χ1v) is 6.96. The molecule has 0 amide bonds. The average molecular weight is 259 g/mol. The second-order valence-electron chi connectivity index (χ2n) is 6.87. The highest BCUT2D eigenvalue weighted by atomic mass is 14.9. The Kier molecular flexibility index (Phi) is 3.68. The fourth-order valence-corrected chi connectivity index (χ4v) is 2.53. The van der Waals surface area contributed by atoms with Crippen molar-refractivity contribution in [1.82, 2.24) is 9.97 Å². The Labute approximate surface area is 115 Å². The van der Waals surface area contributed by atoms with Crippen LogP contribution < -0.4 is 5.73 Å². The van der Waals surface area contributed by atoms with E-state index >= 15 is 0 Å². The second-order valence-corrected chi connectivity index (χ2v) is 6.87. The zero-order valence-electron chi connectivity index (χ0n) is 12.7. The van der Waals surface area contributed by atoms with E-state index in [1.54, 1.807) is 0 Å². The van der Waals surface area contributed by atoms with Crippen molar-refractivity contribution in [3.8, 4) is 0 Å². The summed E-state index contributed by atoms with van der Waals surface area (Å²) >= 11 is 0. The molecule has 1 heterocycles. The average Bonchev–Trinajstić information content (AvgIpc) is 2.56. The number of aromatic amines is 1. The highest BCUT2D eigenvalue weighted by molar-refractivity contribution is 5.77. The van der Waals surface area contributed by atoms with Crippen molar-refractivity contribution < 1.29 is 0 Å². The molecule has 2 aromatic rings. The lowest BCUT2D eigenvalue weighted by molar-refractivity contribution is 0.337. The molecule has 0 saturated carbocycles. The molecule has 1 atom stereocenters. The third-order valence-electron chi connectivity index (χ3n) is 3.48. The van der Waals surface area contributed by atoms with Crippen LogP contribution in [-0.2, 0) is 6.42 Å². The molecule has 1 aromatic carbocycles. The van der Waals surface area contributed by atoms with E-state index < -0.39 is 0 Å². The number of rotatable bonds is 3. The third kappa shape index (κ3) is 3.57. The lowest BCUT2D eigenvalue weighted by atomic mass is 9.87. The Bertz CT molecular complexity index is 536. The number of nitrogens with two attached hydrogens (primary N) is 1. The van der Waals surface area contributed by atoms with Gasteiger partial charge in [-0.05, 0) is 48.9 Å². The zero-order valence-corrected chi connectivity index (χ0v) is 12.7. The summed E-state index contributed by atoms with van der Waals surface area (Å²) < 4.78 is 0. The summed E-state index contributed by atoms with van der Waals surface area (Å²) in [6.45, 7) is 10.9. The van der Waals surface area contributed by atoms with Crippen molar-refractivity contribution in [2.75, 3.05) is 0 Å². The number of fused-ring (bicyclic) bond motifs is 1. The smallest absolute Gasteiger partial charge is 0.108 e. The number of imidazole rings is 1. The van der Waals surface area contributed by atoms with Gasteiger partial charge in [-0.3, -0.25) is 0 Å². The van der Waals surface area contributed by atoms with Crippen LogP contribution >= 0.6 is 0 Å². The quantitative estimate of drug-likeness (QED) is 0.886. The maximum Gasteiger partial charge on any atom is 0.108 e. The topological polar surface area (TPSA) is 54.7 Å². The van der Waals surface area contributed by atoms with E-state index in [2.05, 4.69) is 56.7 Å². The van der Waals surface area contributed by atoms with Gasteiger partial charge < -0.3 is 10.7 Å². The molecule has 0 aliphatic heterocycles. The lowest BCUT2D eigenvalue weighted by Gasteiger charge is -2.22. The van der Waals surface area contributed by atoms with Crippen LogP contribution in [-0.4, -0.2) is 16.0 Å². The van der Waals surface area contributed by atoms with Gasteiger partial charge in [-0.25, -0.2) is 4.98 Å². The molecule has 0 aliphatic rings. The summed E-state index contributed by atoms with van der Waals surface area (Å²) in [5.74, 6) is 0.997. The molecule has 0 aliphatic carbocycles. The minimum absolute atomic E-state index is 0.155. The van der Waals surface area contributed by atoms with Crippen LogP contribution in [0.3, 0.4) is 0 Å². The summed E-state index contributed by atoms with van der Waals surface area (Å²) in [6, 6.07) is 4.46. The summed E-state index contributed by atoms with van der Waals surface area (Å²) in [5, 5.41) is 0. The normalized spacial score (nSPS) is 14.0. The van der Waals surface area contributed by atoms with E-state index in [-0.39, 0.29) is 11.5 Å². The first-order valence-electron chi connectivity index (χ1n) is 6.96. The molecule has 0 fully saturated rings. The van der Waals surface area contributed by atoms with Gasteiger partial charge in [0.05, 0.1) is 11.0 Å². The van der Waals surface area contributed by atoms with Gasteiger partial charge in [-0.1, -0.05) is 20.8 Å². The van der Waals surface area contributed by atoms with Gasteiger partial charge in [0.25, 0.3) is 0 Å². The van der Waals surface area contributed by atoms with Crippen LogP contribution in [0.25, 0.3) is 11.0 Å². The van der Waals surface area contributed by atoms with Gasteiger partial charge in [-0.15, -0.1) is 0 Å². The highest BCUT2D eigenvalue weighted by Crippen LogP contribution is 2.22. The van der Waals surface area contributed by atoms with Crippen LogP contribution in [0.4, 0.5) is 0 Å². The van der Waals surface area contributed by atoms with E-state index in [0.717, 1.165) is 29.7 Å². The lowest BCUT2D eigenvalue weighted by Crippen LogP contribution is -2.28. The maximum atomic E-state index is 6.21. The Morgan fingerprint density at radius 3 is 2.47 bits per heavy atom. The molecule has 0 saturated heterocycles. The van der Waals surface area contributed by atoms with E-state index in [1.807, 2.05) is 0 Å². The number of aryl methyl sites for hydroxylation is 2. The van der Waals surface area contributed by atoms with Gasteiger partial charge in [0.15, 0.2) is 0 Å². The van der Waals surface area contributed by atoms with E-state index in [1.165, 1.54) is 11.1 Å². The molecule has 0 bridgehead atoms. The van der Waals surface area contributed by atoms with E-state index in [4.69, 9.17) is 5.73 Å². The Morgan fingerprint density at radius 1 is 1.21 bits per heavy atom. The van der Waals surface area contributed by atoms with E-state index in [0.29, 0.717) is 0 Å². The Balaban J connectivity index is 2.18. The van der Waals surface area contributed by atoms with Crippen LogP contribution in [0.5, 0.6) is 0 Å². The van der Waals surface area contributed by atoms with Crippen molar-refractivity contribution >= 4 is 11.0 Å². The van der Waals surface area contributed by atoms with Crippen LogP contribution in [0.1, 0.15) is 44.1 Å². The first kappa shape index (κ1) is 14.1. The second kappa shape index (κ2) is 4.97. The van der Waals surface area contributed by atoms with Crippen molar-refractivity contribution in [2.45, 2.75) is 53.5 Å². The van der Waals surface area contributed by atoms with Crippen molar-refractivity contribution in [3.63, 3.8) is 0 Å². The molecule has 1 unspecified atom stereocenters. The largest absolute Gasteiger partial charge is 0.342 e. The molecule has 1 aromatic heterocycles. The van der Waals surface area contributed by atoms with Gasteiger partial charge in [0.1, 0.15) is 5.82 Å². The van der Waals surface area contributed by atoms with Crippen molar-refractivity contribution in [3.05, 3.63) is 29.1 Å². The minimum atomic E-state index is 0.155. The molecular formula is C16H25N3. The maximum absolute atomic E-state index is 6.21. The molecule has 3 heteroatoms. The SMILES string of the molecule is Cc1cc2nc(CC(N)CC(C)(C)C)[nH]c2cc1C. The van der Waals surface area contributed by atoms with Crippen LogP contribution in [0, 0.1) is 19.3 Å². The fraction of sp³-hybridized carbons (Fsp3) is 0.562. The first-order chi connectivity index (χ1) is 8.74. The molecule has 0 spiro atoms. The van der Waals surface area contributed by atoms with Gasteiger partial charge >= 0.3 is 0 Å². The molecule has 3 N–H and O–H groups in total. The third-order valence-corrected chi connectivity index (χ3v) is 3.48. The number of nitrogens with one attached hydrogen (secondary N) is 1. The summed E-state index contributed by atoms with van der Waals surface area (Å²) in [7, 11) is 0. The number of hydrogen-bond acceptors (Lipinski definition) is 2. The van der Waals surface area contributed by atoms with E-state index in [9.17, 15) is 0 Å². The fourth-order valence-electron chi connectivity index (χ4n) is 2.53. The number of H-pyrrole nitrogens is 1. The number of aromatic nitrogens is 2. The molecule has 2 rings (SSSR count). The van der Waals surface area contributed by atoms with Crippen molar-refractivity contribution in [2.24, 2.45) is 11.1 Å². The summed E-state index contributed by atoms with van der Waals surface area (Å²) in [5.41, 5.74) is 11.2. The Morgan fingerprint density at radius 2 is 1.84 bits per heavy atom. The van der Waals surface area contributed by atoms with Gasteiger partial charge in [0, 0.05) is 12.5 Å². The molecule has 104 valence electrons. The number of benzene rings is 1. The standard InChI is InChI=1S/C16H25N3/c1-10-6-13-14(7-11(10)2)19-15(18-13)8-12(17)9-16(3,4)5/h6-7,12H,8-9,17H2,1-5H3,(H,18,19). The summed E-state index contributed by atoms with van der Waals surface area (Å²) in [6.07, 6.45) is 1.81. The van der Waals surface area contributed by atoms with Crippen molar-refractivity contribution in [1.29, 1.82) is 0 Å². The molecule has 0 radical (unpaired) electrons. The monoisotopic (exact) mass is 259 g/mol. The summed E-state index contributed by atoms with van der Waals surface area (Å²) in [4.78, 5) is 8.04. The predicted octanol–water partition coefficient (Wildman–Crippen LogP) is 3.49. The van der Waals surface area contributed by atoms with Gasteiger partial charge in [-0.2, -0.15) is 0 Å². The van der Waals surface area contributed by atoms with Crippen LogP contribution in [0.15, 0.2) is 12.1 Å². The highest BCUT2D eigenvalue weighted by Gasteiger charge is 2.17. The number of hydrogen-bond donors (Lipinski definition) is 2. The minimum Gasteiger partial charge on any atom is -0.342 e. The Hall–Kier alpha value is -1.35. The van der Waals surface area contributed by atoms with Crippen LogP contribution in [0.2, 0.25) is 0 Å². The van der Waals surface area contributed by atoms with Gasteiger partial charge in [0.2, 0.25) is 0 Å². The zero-order chi connectivity index (χ0) is 14.2. The molecular weight excluding hydrogens is 234 g/mol. The predicted molar refractivity (Wildman–Crippen MR) is 81.3 cm³/mol. The number of nitrogens with zero attached hydrogens (tertiary/aromatic N) is 1.